The predicted octanol–water partition coefficient (Wildman–Crippen LogP) is 3.76. The molecule has 0 saturated heterocycles. The minimum Gasteiger partial charge on any atom is -0.493 e. The summed E-state index contributed by atoms with van der Waals surface area (Å²) in [5, 5.41) is 6.95. The third-order valence-corrected chi connectivity index (χ3v) is 4.02. The van der Waals surface area contributed by atoms with Gasteiger partial charge < -0.3 is 24.8 Å². The Morgan fingerprint density at radius 1 is 0.960 bits per heavy atom. The zero-order chi connectivity index (χ0) is 18.2. The molecule has 0 fully saturated rings. The van der Waals surface area contributed by atoms with Crippen LogP contribution in [-0.2, 0) is 13.0 Å². The lowest BCUT2D eigenvalue weighted by Crippen LogP contribution is -2.27. The summed E-state index contributed by atoms with van der Waals surface area (Å²) in [5.74, 6) is 1.81. The molecule has 134 valence electrons. The van der Waals surface area contributed by atoms with Gasteiger partial charge in [-0.3, -0.25) is 0 Å². The van der Waals surface area contributed by atoms with Crippen molar-refractivity contribution in [2.45, 2.75) is 19.9 Å². The third kappa shape index (κ3) is 5.00. The summed E-state index contributed by atoms with van der Waals surface area (Å²) in [6.07, 6.45) is 0.987. The summed E-state index contributed by atoms with van der Waals surface area (Å²) in [7, 11) is 4.78. The molecule has 0 aliphatic heterocycles. The molecule has 2 aromatic carbocycles. The molecule has 2 aromatic rings. The van der Waals surface area contributed by atoms with Gasteiger partial charge in [-0.2, -0.15) is 0 Å². The third-order valence-electron chi connectivity index (χ3n) is 3.77. The van der Waals surface area contributed by atoms with Crippen molar-refractivity contribution < 1.29 is 14.2 Å². The largest absolute Gasteiger partial charge is 0.493 e. The van der Waals surface area contributed by atoms with Gasteiger partial charge in [-0.05, 0) is 54.0 Å². The van der Waals surface area contributed by atoms with Gasteiger partial charge in [-0.15, -0.1) is 0 Å². The number of anilines is 1. The Labute approximate surface area is 154 Å². The van der Waals surface area contributed by atoms with Crippen LogP contribution in [0.1, 0.15) is 18.1 Å². The number of rotatable bonds is 7. The second kappa shape index (κ2) is 9.13. The first-order valence-electron chi connectivity index (χ1n) is 8.04. The summed E-state index contributed by atoms with van der Waals surface area (Å²) in [6, 6.07) is 12.0. The molecule has 6 heteroatoms. The zero-order valence-electron chi connectivity index (χ0n) is 15.0. The minimum absolute atomic E-state index is 0.538. The average molecular weight is 360 g/mol. The number of methoxy groups -OCH3 is 3. The molecular formula is C19H24N2O3S. The SMILES string of the molecule is CCc1cccc(NC(=S)NCc2cc(OC)c(OC)c(OC)c2)c1. The van der Waals surface area contributed by atoms with Gasteiger partial charge in [0, 0.05) is 12.2 Å². The molecular weight excluding hydrogens is 336 g/mol. The maximum Gasteiger partial charge on any atom is 0.203 e. The first kappa shape index (κ1) is 18.9. The van der Waals surface area contributed by atoms with E-state index < -0.39 is 0 Å². The van der Waals surface area contributed by atoms with Crippen molar-refractivity contribution in [3.8, 4) is 17.2 Å². The highest BCUT2D eigenvalue weighted by Gasteiger charge is 2.13. The van der Waals surface area contributed by atoms with Crippen molar-refractivity contribution in [3.63, 3.8) is 0 Å². The molecule has 0 aromatic heterocycles. The van der Waals surface area contributed by atoms with Crippen molar-refractivity contribution in [1.29, 1.82) is 0 Å². The molecule has 2 N–H and O–H groups in total. The van der Waals surface area contributed by atoms with E-state index in [1.165, 1.54) is 5.56 Å². The fraction of sp³-hybridized carbons (Fsp3) is 0.316. The lowest BCUT2D eigenvalue weighted by atomic mass is 10.1. The van der Waals surface area contributed by atoms with Crippen molar-refractivity contribution in [1.82, 2.24) is 5.32 Å². The van der Waals surface area contributed by atoms with Crippen LogP contribution in [0, 0.1) is 0 Å². The van der Waals surface area contributed by atoms with Crippen LogP contribution in [0.3, 0.4) is 0 Å². The molecule has 0 heterocycles. The normalized spacial score (nSPS) is 10.1. The van der Waals surface area contributed by atoms with Crippen LogP contribution in [0.25, 0.3) is 0 Å². The highest BCUT2D eigenvalue weighted by atomic mass is 32.1. The number of aryl methyl sites for hydroxylation is 1. The van der Waals surface area contributed by atoms with Gasteiger partial charge in [0.2, 0.25) is 5.75 Å². The van der Waals surface area contributed by atoms with E-state index in [-0.39, 0.29) is 0 Å². The summed E-state index contributed by atoms with van der Waals surface area (Å²) in [5.41, 5.74) is 3.21. The lowest BCUT2D eigenvalue weighted by Gasteiger charge is -2.15. The van der Waals surface area contributed by atoms with Gasteiger partial charge in [-0.25, -0.2) is 0 Å². The summed E-state index contributed by atoms with van der Waals surface area (Å²) in [4.78, 5) is 0. The van der Waals surface area contributed by atoms with Crippen molar-refractivity contribution in [2.75, 3.05) is 26.6 Å². The fourth-order valence-electron chi connectivity index (χ4n) is 2.46. The van der Waals surface area contributed by atoms with Crippen molar-refractivity contribution in [3.05, 3.63) is 47.5 Å². The molecule has 0 saturated carbocycles. The standard InChI is InChI=1S/C19H24N2O3S/c1-5-13-7-6-8-15(9-13)21-19(25)20-12-14-10-16(22-2)18(24-4)17(11-14)23-3/h6-11H,5,12H2,1-4H3,(H2,20,21,25). The quantitative estimate of drug-likeness (QED) is 0.733. The molecule has 0 atom stereocenters. The molecule has 0 unspecified atom stereocenters. The molecule has 0 aliphatic carbocycles. The molecule has 25 heavy (non-hydrogen) atoms. The molecule has 5 nitrogen and oxygen atoms in total. The van der Waals surface area contributed by atoms with Crippen LogP contribution in [0.4, 0.5) is 5.69 Å². The topological polar surface area (TPSA) is 51.8 Å². The summed E-state index contributed by atoms with van der Waals surface area (Å²) >= 11 is 5.38. The second-order valence-corrected chi connectivity index (χ2v) is 5.80. The molecule has 0 spiro atoms. The van der Waals surface area contributed by atoms with E-state index in [9.17, 15) is 0 Å². The fourth-order valence-corrected chi connectivity index (χ4v) is 2.65. The molecule has 0 radical (unpaired) electrons. The van der Waals surface area contributed by atoms with Crippen LogP contribution < -0.4 is 24.8 Å². The summed E-state index contributed by atoms with van der Waals surface area (Å²) < 4.78 is 16.1. The Kier molecular flexibility index (Phi) is 6.89. The Bertz CT molecular complexity index is 709. The Balaban J connectivity index is 2.03. The van der Waals surface area contributed by atoms with E-state index >= 15 is 0 Å². The molecule has 2 rings (SSSR count). The average Bonchev–Trinajstić information content (AvgIpc) is 2.65. The van der Waals surface area contributed by atoms with E-state index in [0.717, 1.165) is 17.7 Å². The highest BCUT2D eigenvalue weighted by molar-refractivity contribution is 7.80. The Morgan fingerprint density at radius 3 is 2.20 bits per heavy atom. The van der Waals surface area contributed by atoms with E-state index in [0.29, 0.717) is 28.9 Å². The Hall–Kier alpha value is -2.47. The number of ether oxygens (including phenoxy) is 3. The molecule has 0 amide bonds. The minimum atomic E-state index is 0.538. The molecule has 0 aliphatic rings. The second-order valence-electron chi connectivity index (χ2n) is 5.40. The number of hydrogen-bond acceptors (Lipinski definition) is 4. The van der Waals surface area contributed by atoms with Gasteiger partial charge in [0.1, 0.15) is 0 Å². The number of nitrogens with one attached hydrogen (secondary N) is 2. The van der Waals surface area contributed by atoms with Crippen LogP contribution >= 0.6 is 12.2 Å². The van der Waals surface area contributed by atoms with Crippen LogP contribution in [0.15, 0.2) is 36.4 Å². The van der Waals surface area contributed by atoms with Gasteiger partial charge in [0.25, 0.3) is 0 Å². The van der Waals surface area contributed by atoms with Gasteiger partial charge in [0.05, 0.1) is 21.3 Å². The summed E-state index contributed by atoms with van der Waals surface area (Å²) in [6.45, 7) is 2.66. The smallest absolute Gasteiger partial charge is 0.203 e. The van der Waals surface area contributed by atoms with E-state index in [1.54, 1.807) is 21.3 Å². The first-order valence-corrected chi connectivity index (χ1v) is 8.44. The first-order chi connectivity index (χ1) is 12.1. The van der Waals surface area contributed by atoms with Gasteiger partial charge in [-0.1, -0.05) is 19.1 Å². The molecule has 0 bridgehead atoms. The van der Waals surface area contributed by atoms with Crippen LogP contribution in [0.2, 0.25) is 0 Å². The van der Waals surface area contributed by atoms with E-state index in [2.05, 4.69) is 29.7 Å². The van der Waals surface area contributed by atoms with Gasteiger partial charge >= 0.3 is 0 Å². The van der Waals surface area contributed by atoms with Crippen molar-refractivity contribution >= 4 is 23.0 Å². The zero-order valence-corrected chi connectivity index (χ0v) is 15.8. The van der Waals surface area contributed by atoms with Crippen LogP contribution in [0.5, 0.6) is 17.2 Å². The predicted molar refractivity (Wildman–Crippen MR) is 105 cm³/mol. The lowest BCUT2D eigenvalue weighted by molar-refractivity contribution is 0.323. The number of benzene rings is 2. The van der Waals surface area contributed by atoms with E-state index in [4.69, 9.17) is 26.4 Å². The van der Waals surface area contributed by atoms with Crippen LogP contribution in [-0.4, -0.2) is 26.4 Å². The maximum absolute atomic E-state index is 5.38. The monoisotopic (exact) mass is 360 g/mol. The van der Waals surface area contributed by atoms with Gasteiger partial charge in [0.15, 0.2) is 16.6 Å². The highest BCUT2D eigenvalue weighted by Crippen LogP contribution is 2.38. The Morgan fingerprint density at radius 2 is 1.64 bits per heavy atom. The van der Waals surface area contributed by atoms with E-state index in [1.807, 2.05) is 24.3 Å². The number of hydrogen-bond donors (Lipinski definition) is 2. The van der Waals surface area contributed by atoms with Crippen molar-refractivity contribution in [2.24, 2.45) is 0 Å². The maximum atomic E-state index is 5.38. The number of thiocarbonyl (C=S) groups is 1.